The van der Waals surface area contributed by atoms with Crippen molar-refractivity contribution in [3.63, 3.8) is 0 Å². The molecule has 144 valence electrons. The van der Waals surface area contributed by atoms with Gasteiger partial charge in [-0.15, -0.1) is 0 Å². The van der Waals surface area contributed by atoms with Gasteiger partial charge >= 0.3 is 0 Å². The van der Waals surface area contributed by atoms with E-state index in [1.165, 1.54) is 0 Å². The Hall–Kier alpha value is -2.18. The summed E-state index contributed by atoms with van der Waals surface area (Å²) in [7, 11) is -3.17. The molecule has 1 saturated carbocycles. The Bertz CT molecular complexity index is 886. The molecule has 0 bridgehead atoms. The Morgan fingerprint density at radius 1 is 1.00 bits per heavy atom. The molecule has 0 aromatic heterocycles. The monoisotopic (exact) mass is 386 g/mol. The minimum Gasteiger partial charge on any atom is -0.326 e. The number of sulfone groups is 1. The molecule has 1 amide bonds. The molecule has 3 rings (SSSR count). The van der Waals surface area contributed by atoms with Crippen molar-refractivity contribution in [2.45, 2.75) is 49.7 Å². The Kier molecular flexibility index (Phi) is 6.29. The quantitative estimate of drug-likeness (QED) is 0.793. The van der Waals surface area contributed by atoms with Crippen LogP contribution in [0.1, 0.15) is 53.6 Å². The second-order valence-electron chi connectivity index (χ2n) is 7.12. The second-order valence-corrected chi connectivity index (χ2v) is 9.40. The highest BCUT2D eigenvalue weighted by atomic mass is 32.2. The molecule has 0 unspecified atom stereocenters. The van der Waals surface area contributed by atoms with Crippen LogP contribution >= 0.6 is 0 Å². The Morgan fingerprint density at radius 3 is 2.37 bits per heavy atom. The van der Waals surface area contributed by atoms with Gasteiger partial charge in [-0.1, -0.05) is 43.5 Å². The fourth-order valence-corrected chi connectivity index (χ4v) is 5.44. The van der Waals surface area contributed by atoms with Gasteiger partial charge in [-0.2, -0.15) is 0 Å². The van der Waals surface area contributed by atoms with Gasteiger partial charge in [0, 0.05) is 17.8 Å². The van der Waals surface area contributed by atoms with Crippen LogP contribution in [0, 0.1) is 0 Å². The summed E-state index contributed by atoms with van der Waals surface area (Å²) in [5.74, 6) is -0.210. The maximum absolute atomic E-state index is 12.7. The van der Waals surface area contributed by atoms with Crippen LogP contribution in [0.4, 0.5) is 5.69 Å². The van der Waals surface area contributed by atoms with Gasteiger partial charge in [0.05, 0.1) is 11.0 Å². The van der Waals surface area contributed by atoms with E-state index < -0.39 is 9.84 Å². The van der Waals surface area contributed by atoms with Gasteiger partial charge in [0.25, 0.3) is 5.91 Å². The molecular weight excluding hydrogens is 360 g/mol. The fourth-order valence-electron chi connectivity index (χ4n) is 3.51. The van der Waals surface area contributed by atoms with Crippen molar-refractivity contribution >= 4 is 21.4 Å². The largest absolute Gasteiger partial charge is 0.326 e. The Labute approximate surface area is 160 Å². The third kappa shape index (κ3) is 5.17. The first-order chi connectivity index (χ1) is 13.0. The van der Waals surface area contributed by atoms with E-state index in [-0.39, 0.29) is 16.9 Å². The molecule has 0 atom stereocenters. The zero-order chi connectivity index (χ0) is 19.3. The SMILES string of the molecule is NCc1ccc(C(=O)Nc2cccc(CS(=O)(=O)C3CCCCC3)c2)cc1. The van der Waals surface area contributed by atoms with E-state index in [1.54, 1.807) is 36.4 Å². The minimum atomic E-state index is -3.17. The third-order valence-electron chi connectivity index (χ3n) is 5.06. The van der Waals surface area contributed by atoms with Crippen molar-refractivity contribution < 1.29 is 13.2 Å². The van der Waals surface area contributed by atoms with E-state index in [2.05, 4.69) is 5.32 Å². The van der Waals surface area contributed by atoms with Gasteiger partial charge in [0.1, 0.15) is 0 Å². The third-order valence-corrected chi connectivity index (χ3v) is 7.29. The van der Waals surface area contributed by atoms with Crippen molar-refractivity contribution in [2.75, 3.05) is 5.32 Å². The predicted molar refractivity (Wildman–Crippen MR) is 108 cm³/mol. The normalized spacial score (nSPS) is 15.4. The molecular formula is C21H26N2O3S. The summed E-state index contributed by atoms with van der Waals surface area (Å²) in [6.45, 7) is 0.430. The highest BCUT2D eigenvalue weighted by molar-refractivity contribution is 7.91. The molecule has 3 N–H and O–H groups in total. The number of carbonyl (C=O) groups excluding carboxylic acids is 1. The number of carbonyl (C=O) groups is 1. The first-order valence-corrected chi connectivity index (χ1v) is 11.1. The van der Waals surface area contributed by atoms with Crippen molar-refractivity contribution in [1.82, 2.24) is 0 Å². The van der Waals surface area contributed by atoms with E-state index in [9.17, 15) is 13.2 Å². The van der Waals surface area contributed by atoms with Crippen LogP contribution in [0.5, 0.6) is 0 Å². The zero-order valence-electron chi connectivity index (χ0n) is 15.4. The minimum absolute atomic E-state index is 0.0204. The van der Waals surface area contributed by atoms with Gasteiger partial charge in [-0.25, -0.2) is 8.42 Å². The molecule has 0 aliphatic heterocycles. The molecule has 1 aliphatic carbocycles. The first kappa shape index (κ1) is 19.6. The lowest BCUT2D eigenvalue weighted by Gasteiger charge is -2.21. The molecule has 1 fully saturated rings. The number of amides is 1. The van der Waals surface area contributed by atoms with Crippen molar-refractivity contribution in [3.8, 4) is 0 Å². The molecule has 1 aliphatic rings. The first-order valence-electron chi connectivity index (χ1n) is 9.39. The molecule has 27 heavy (non-hydrogen) atoms. The van der Waals surface area contributed by atoms with E-state index in [4.69, 9.17) is 5.73 Å². The standard InChI is InChI=1S/C21H26N2O3S/c22-14-16-9-11-18(12-10-16)21(24)23-19-6-4-5-17(13-19)15-27(25,26)20-7-2-1-3-8-20/h4-6,9-13,20H,1-3,7-8,14-15,22H2,(H,23,24). The number of hydrogen-bond donors (Lipinski definition) is 2. The van der Waals surface area contributed by atoms with Crippen LogP contribution in [-0.4, -0.2) is 19.6 Å². The van der Waals surface area contributed by atoms with Crippen LogP contribution in [0.2, 0.25) is 0 Å². The van der Waals surface area contributed by atoms with Gasteiger partial charge in [-0.05, 0) is 48.2 Å². The lowest BCUT2D eigenvalue weighted by molar-refractivity contribution is 0.102. The summed E-state index contributed by atoms with van der Waals surface area (Å²) < 4.78 is 25.3. The molecule has 0 heterocycles. The van der Waals surface area contributed by atoms with Crippen LogP contribution in [-0.2, 0) is 22.1 Å². The van der Waals surface area contributed by atoms with E-state index in [1.807, 2.05) is 12.1 Å². The molecule has 0 saturated heterocycles. The van der Waals surface area contributed by atoms with Gasteiger partial charge in [-0.3, -0.25) is 4.79 Å². The molecule has 2 aromatic carbocycles. The van der Waals surface area contributed by atoms with Crippen LogP contribution < -0.4 is 11.1 Å². The van der Waals surface area contributed by atoms with Crippen molar-refractivity contribution in [3.05, 3.63) is 65.2 Å². The second kappa shape index (κ2) is 8.67. The summed E-state index contributed by atoms with van der Waals surface area (Å²) in [6.07, 6.45) is 4.63. The van der Waals surface area contributed by atoms with Gasteiger partial charge in [0.15, 0.2) is 9.84 Å². The summed E-state index contributed by atoms with van der Waals surface area (Å²) in [5.41, 5.74) is 8.37. The topological polar surface area (TPSA) is 89.3 Å². The fraction of sp³-hybridized carbons (Fsp3) is 0.381. The number of benzene rings is 2. The molecule has 5 nitrogen and oxygen atoms in total. The van der Waals surface area contributed by atoms with Crippen LogP contribution in [0.3, 0.4) is 0 Å². The average molecular weight is 387 g/mol. The maximum Gasteiger partial charge on any atom is 0.255 e. The van der Waals surface area contributed by atoms with E-state index in [0.29, 0.717) is 23.4 Å². The average Bonchev–Trinajstić information content (AvgIpc) is 2.68. The number of nitrogens with one attached hydrogen (secondary N) is 1. The van der Waals surface area contributed by atoms with Crippen LogP contribution in [0.25, 0.3) is 0 Å². The maximum atomic E-state index is 12.7. The summed E-state index contributed by atoms with van der Waals surface area (Å²) in [4.78, 5) is 12.4. The Morgan fingerprint density at radius 2 is 1.70 bits per heavy atom. The number of hydrogen-bond acceptors (Lipinski definition) is 4. The smallest absolute Gasteiger partial charge is 0.255 e. The van der Waals surface area contributed by atoms with Gasteiger partial charge < -0.3 is 11.1 Å². The Balaban J connectivity index is 1.68. The highest BCUT2D eigenvalue weighted by Gasteiger charge is 2.27. The van der Waals surface area contributed by atoms with E-state index in [0.717, 1.165) is 37.7 Å². The van der Waals surface area contributed by atoms with Crippen molar-refractivity contribution in [1.29, 1.82) is 0 Å². The number of anilines is 1. The highest BCUT2D eigenvalue weighted by Crippen LogP contribution is 2.26. The molecule has 0 radical (unpaired) electrons. The number of nitrogens with two attached hydrogens (primary N) is 1. The zero-order valence-corrected chi connectivity index (χ0v) is 16.2. The summed E-state index contributed by atoms with van der Waals surface area (Å²) >= 11 is 0. The number of rotatable bonds is 6. The summed E-state index contributed by atoms with van der Waals surface area (Å²) in [6, 6.07) is 14.2. The van der Waals surface area contributed by atoms with E-state index >= 15 is 0 Å². The molecule has 2 aromatic rings. The summed E-state index contributed by atoms with van der Waals surface area (Å²) in [5, 5.41) is 2.61. The lowest BCUT2D eigenvalue weighted by atomic mass is 10.0. The lowest BCUT2D eigenvalue weighted by Crippen LogP contribution is -2.25. The van der Waals surface area contributed by atoms with Gasteiger partial charge in [0.2, 0.25) is 0 Å². The van der Waals surface area contributed by atoms with Crippen LogP contribution in [0.15, 0.2) is 48.5 Å². The molecule has 6 heteroatoms. The van der Waals surface area contributed by atoms with Crippen molar-refractivity contribution in [2.24, 2.45) is 5.73 Å². The molecule has 0 spiro atoms. The predicted octanol–water partition coefficient (Wildman–Crippen LogP) is 3.65.